The van der Waals surface area contributed by atoms with Crippen LogP contribution in [0.25, 0.3) is 10.2 Å². The maximum Gasteiger partial charge on any atom is 0.239 e. The van der Waals surface area contributed by atoms with Gasteiger partial charge in [0.15, 0.2) is 5.13 Å². The Bertz CT molecular complexity index is 852. The fourth-order valence-corrected chi connectivity index (χ4v) is 4.81. The zero-order valence-corrected chi connectivity index (χ0v) is 13.8. The second-order valence-electron chi connectivity index (χ2n) is 5.04. The SMILES string of the molecule is O=C(Nc1nc2ccc(Cl)cc2s1)[C@@H]1Cc2ccccc2S1. The molecule has 0 unspecified atom stereocenters. The van der Waals surface area contributed by atoms with Crippen LogP contribution in [0.4, 0.5) is 5.13 Å². The van der Waals surface area contributed by atoms with Crippen LogP contribution >= 0.6 is 34.7 Å². The molecule has 1 N–H and O–H groups in total. The highest BCUT2D eigenvalue weighted by Gasteiger charge is 2.28. The van der Waals surface area contributed by atoms with E-state index in [1.807, 2.05) is 24.3 Å². The summed E-state index contributed by atoms with van der Waals surface area (Å²) in [4.78, 5) is 18.1. The van der Waals surface area contributed by atoms with E-state index in [0.717, 1.165) is 16.6 Å². The van der Waals surface area contributed by atoms with E-state index < -0.39 is 0 Å². The molecule has 1 amide bonds. The lowest BCUT2D eigenvalue weighted by molar-refractivity contribution is -0.115. The van der Waals surface area contributed by atoms with Crippen LogP contribution in [0.5, 0.6) is 0 Å². The van der Waals surface area contributed by atoms with Crippen LogP contribution in [-0.4, -0.2) is 16.1 Å². The number of rotatable bonds is 2. The molecule has 0 bridgehead atoms. The van der Waals surface area contributed by atoms with Gasteiger partial charge in [-0.05, 0) is 36.2 Å². The summed E-state index contributed by atoms with van der Waals surface area (Å²) in [5.41, 5.74) is 2.09. The molecule has 110 valence electrons. The number of hydrogen-bond donors (Lipinski definition) is 1. The van der Waals surface area contributed by atoms with Crippen molar-refractivity contribution in [3.63, 3.8) is 0 Å². The van der Waals surface area contributed by atoms with Gasteiger partial charge in [0, 0.05) is 9.92 Å². The molecular formula is C16H11ClN2OS2. The minimum atomic E-state index is -0.0898. The summed E-state index contributed by atoms with van der Waals surface area (Å²) in [6, 6.07) is 13.7. The standard InChI is InChI=1S/C16H11ClN2OS2/c17-10-5-6-11-13(8-10)22-16(18-11)19-15(20)14-7-9-3-1-2-4-12(9)21-14/h1-6,8,14H,7H2,(H,18,19,20)/t14-/m0/s1. The molecule has 3 nitrogen and oxygen atoms in total. The molecule has 1 aliphatic heterocycles. The van der Waals surface area contributed by atoms with E-state index >= 15 is 0 Å². The molecule has 0 aliphatic carbocycles. The number of carbonyl (C=O) groups excluding carboxylic acids is 1. The van der Waals surface area contributed by atoms with Gasteiger partial charge < -0.3 is 5.32 Å². The Morgan fingerprint density at radius 3 is 3.00 bits per heavy atom. The molecule has 3 aromatic rings. The summed E-state index contributed by atoms with van der Waals surface area (Å²) in [5.74, 6) is 0.00588. The second kappa shape index (κ2) is 5.57. The number of amides is 1. The lowest BCUT2D eigenvalue weighted by Crippen LogP contribution is -2.24. The highest BCUT2D eigenvalue weighted by atomic mass is 35.5. The Morgan fingerprint density at radius 2 is 2.14 bits per heavy atom. The Labute approximate surface area is 140 Å². The maximum absolute atomic E-state index is 12.4. The lowest BCUT2D eigenvalue weighted by atomic mass is 10.1. The molecule has 4 rings (SSSR count). The van der Waals surface area contributed by atoms with E-state index in [1.54, 1.807) is 17.8 Å². The number of fused-ring (bicyclic) bond motifs is 2. The summed E-state index contributed by atoms with van der Waals surface area (Å²) in [7, 11) is 0. The third-order valence-electron chi connectivity index (χ3n) is 3.52. The molecule has 0 saturated heterocycles. The van der Waals surface area contributed by atoms with Gasteiger partial charge in [0.25, 0.3) is 0 Å². The molecule has 0 radical (unpaired) electrons. The topological polar surface area (TPSA) is 42.0 Å². The van der Waals surface area contributed by atoms with Crippen molar-refractivity contribution >= 4 is 56.0 Å². The summed E-state index contributed by atoms with van der Waals surface area (Å²) >= 11 is 9.04. The zero-order chi connectivity index (χ0) is 15.1. The number of thioether (sulfide) groups is 1. The first-order valence-electron chi connectivity index (χ1n) is 6.80. The number of aromatic nitrogens is 1. The van der Waals surface area contributed by atoms with E-state index in [2.05, 4.69) is 22.4 Å². The normalized spacial score (nSPS) is 16.7. The lowest BCUT2D eigenvalue weighted by Gasteiger charge is -2.07. The number of halogens is 1. The van der Waals surface area contributed by atoms with Crippen molar-refractivity contribution in [1.29, 1.82) is 0 Å². The quantitative estimate of drug-likeness (QED) is 0.737. The van der Waals surface area contributed by atoms with Crippen LogP contribution in [0.2, 0.25) is 5.02 Å². The average Bonchev–Trinajstić information content (AvgIpc) is 3.09. The molecule has 1 aromatic heterocycles. The van der Waals surface area contributed by atoms with Crippen molar-refractivity contribution < 1.29 is 4.79 Å². The van der Waals surface area contributed by atoms with Gasteiger partial charge in [-0.1, -0.05) is 41.1 Å². The van der Waals surface area contributed by atoms with Crippen molar-refractivity contribution in [3.05, 3.63) is 53.1 Å². The van der Waals surface area contributed by atoms with Gasteiger partial charge in [-0.2, -0.15) is 0 Å². The zero-order valence-electron chi connectivity index (χ0n) is 11.4. The fraction of sp³-hybridized carbons (Fsp3) is 0.125. The highest BCUT2D eigenvalue weighted by Crippen LogP contribution is 2.37. The van der Waals surface area contributed by atoms with Crippen LogP contribution in [0.15, 0.2) is 47.4 Å². The average molecular weight is 347 g/mol. The van der Waals surface area contributed by atoms with Crippen molar-refractivity contribution in [2.24, 2.45) is 0 Å². The number of benzene rings is 2. The third kappa shape index (κ3) is 2.60. The number of nitrogens with zero attached hydrogens (tertiary/aromatic N) is 1. The van der Waals surface area contributed by atoms with Crippen LogP contribution in [0.3, 0.4) is 0 Å². The van der Waals surface area contributed by atoms with E-state index in [4.69, 9.17) is 11.6 Å². The largest absolute Gasteiger partial charge is 0.301 e. The summed E-state index contributed by atoms with van der Waals surface area (Å²) in [6.07, 6.45) is 0.767. The molecule has 0 saturated carbocycles. The minimum absolute atomic E-state index is 0.00588. The number of nitrogens with one attached hydrogen (secondary N) is 1. The van der Waals surface area contributed by atoms with E-state index in [1.165, 1.54) is 21.8 Å². The molecule has 22 heavy (non-hydrogen) atoms. The molecular weight excluding hydrogens is 336 g/mol. The molecule has 0 fully saturated rings. The first-order chi connectivity index (χ1) is 10.7. The smallest absolute Gasteiger partial charge is 0.239 e. The molecule has 0 spiro atoms. The van der Waals surface area contributed by atoms with Gasteiger partial charge in [0.1, 0.15) is 0 Å². The van der Waals surface area contributed by atoms with Crippen molar-refractivity contribution in [2.75, 3.05) is 5.32 Å². The summed E-state index contributed by atoms with van der Waals surface area (Å²) in [5, 5.41) is 4.14. The monoisotopic (exact) mass is 346 g/mol. The van der Waals surface area contributed by atoms with Gasteiger partial charge in [-0.25, -0.2) is 4.98 Å². The predicted octanol–water partition coefficient (Wildman–Crippen LogP) is 4.61. The van der Waals surface area contributed by atoms with E-state index in [9.17, 15) is 4.79 Å². The predicted molar refractivity (Wildman–Crippen MR) is 93.1 cm³/mol. The summed E-state index contributed by atoms with van der Waals surface area (Å²) in [6.45, 7) is 0. The van der Waals surface area contributed by atoms with Gasteiger partial charge in [-0.15, -0.1) is 11.8 Å². The highest BCUT2D eigenvalue weighted by molar-refractivity contribution is 8.01. The maximum atomic E-state index is 12.4. The van der Waals surface area contributed by atoms with Crippen LogP contribution in [0, 0.1) is 0 Å². The number of anilines is 1. The Hall–Kier alpha value is -1.56. The van der Waals surface area contributed by atoms with Crippen molar-refractivity contribution in [1.82, 2.24) is 4.98 Å². The third-order valence-corrected chi connectivity index (χ3v) is 6.01. The van der Waals surface area contributed by atoms with Gasteiger partial charge in [0.05, 0.1) is 15.5 Å². The number of thiazole rings is 1. The van der Waals surface area contributed by atoms with Gasteiger partial charge in [-0.3, -0.25) is 4.79 Å². The molecule has 1 atom stereocenters. The minimum Gasteiger partial charge on any atom is -0.301 e. The first-order valence-corrected chi connectivity index (χ1v) is 8.88. The van der Waals surface area contributed by atoms with Gasteiger partial charge >= 0.3 is 0 Å². The Morgan fingerprint density at radius 1 is 1.27 bits per heavy atom. The number of hydrogen-bond acceptors (Lipinski definition) is 4. The first kappa shape index (κ1) is 14.1. The van der Waals surface area contributed by atoms with Crippen LogP contribution in [-0.2, 0) is 11.2 Å². The fourth-order valence-electron chi connectivity index (χ4n) is 2.47. The van der Waals surface area contributed by atoms with Gasteiger partial charge in [0.2, 0.25) is 5.91 Å². The molecule has 2 aromatic carbocycles. The van der Waals surface area contributed by atoms with E-state index in [-0.39, 0.29) is 11.2 Å². The Kier molecular flexibility index (Phi) is 3.56. The molecule has 2 heterocycles. The van der Waals surface area contributed by atoms with Crippen molar-refractivity contribution in [3.8, 4) is 0 Å². The molecule has 6 heteroatoms. The number of carbonyl (C=O) groups is 1. The Balaban J connectivity index is 1.52. The second-order valence-corrected chi connectivity index (χ2v) is 7.75. The molecule has 1 aliphatic rings. The van der Waals surface area contributed by atoms with E-state index in [0.29, 0.717) is 10.2 Å². The van der Waals surface area contributed by atoms with Crippen molar-refractivity contribution in [2.45, 2.75) is 16.6 Å². The summed E-state index contributed by atoms with van der Waals surface area (Å²) < 4.78 is 0.977. The van der Waals surface area contributed by atoms with Crippen LogP contribution in [0.1, 0.15) is 5.56 Å². The van der Waals surface area contributed by atoms with Crippen LogP contribution < -0.4 is 5.32 Å².